The number of nitrogens with one attached hydrogen (secondary N) is 1. The van der Waals surface area contributed by atoms with Crippen LogP contribution in [-0.2, 0) is 4.79 Å². The van der Waals surface area contributed by atoms with Crippen LogP contribution in [0.3, 0.4) is 0 Å². The van der Waals surface area contributed by atoms with Crippen LogP contribution in [-0.4, -0.2) is 40.6 Å². The van der Waals surface area contributed by atoms with Crippen molar-refractivity contribution >= 4 is 12.0 Å². The second kappa shape index (κ2) is 7.14. The van der Waals surface area contributed by atoms with Gasteiger partial charge in [-0.25, -0.2) is 4.79 Å². The summed E-state index contributed by atoms with van der Waals surface area (Å²) in [6.07, 6.45) is 6.42. The molecule has 1 saturated carbocycles. The van der Waals surface area contributed by atoms with Crippen LogP contribution in [0.25, 0.3) is 0 Å². The zero-order valence-corrected chi connectivity index (χ0v) is 13.2. The molecule has 0 aromatic carbocycles. The minimum absolute atomic E-state index is 0.0590. The van der Waals surface area contributed by atoms with Crippen LogP contribution in [0.4, 0.5) is 4.79 Å². The third kappa shape index (κ3) is 4.11. The van der Waals surface area contributed by atoms with Crippen molar-refractivity contribution in [2.45, 2.75) is 70.9 Å². The number of urea groups is 1. The third-order valence-electron chi connectivity index (χ3n) is 5.03. The van der Waals surface area contributed by atoms with E-state index in [9.17, 15) is 9.59 Å². The molecule has 1 saturated heterocycles. The fraction of sp³-hybridized carbons (Fsp3) is 0.875. The summed E-state index contributed by atoms with van der Waals surface area (Å²) in [4.78, 5) is 25.1. The summed E-state index contributed by atoms with van der Waals surface area (Å²) in [6, 6.07) is 0.0530. The Labute approximate surface area is 127 Å². The van der Waals surface area contributed by atoms with Gasteiger partial charge in [-0.1, -0.05) is 26.7 Å². The van der Waals surface area contributed by atoms with Gasteiger partial charge >= 0.3 is 12.0 Å². The Hall–Kier alpha value is -1.26. The van der Waals surface area contributed by atoms with E-state index >= 15 is 0 Å². The van der Waals surface area contributed by atoms with Crippen molar-refractivity contribution in [3.63, 3.8) is 0 Å². The summed E-state index contributed by atoms with van der Waals surface area (Å²) in [5.41, 5.74) is 0. The van der Waals surface area contributed by atoms with Gasteiger partial charge in [0.25, 0.3) is 0 Å². The average Bonchev–Trinajstić information content (AvgIpc) is 2.86. The molecule has 21 heavy (non-hydrogen) atoms. The lowest BCUT2D eigenvalue weighted by Gasteiger charge is -2.36. The minimum atomic E-state index is -0.822. The number of rotatable bonds is 4. The van der Waals surface area contributed by atoms with Crippen molar-refractivity contribution in [2.24, 2.45) is 11.8 Å². The van der Waals surface area contributed by atoms with Gasteiger partial charge in [0.1, 0.15) is 0 Å². The van der Waals surface area contributed by atoms with Gasteiger partial charge in [-0.2, -0.15) is 0 Å². The summed E-state index contributed by atoms with van der Waals surface area (Å²) in [5, 5.41) is 12.1. The number of amides is 2. The number of likely N-dealkylation sites (tertiary alicyclic amines) is 1. The molecule has 2 amide bonds. The molecule has 1 heterocycles. The molecular formula is C16H28N2O3. The van der Waals surface area contributed by atoms with Gasteiger partial charge < -0.3 is 15.3 Å². The molecule has 2 aliphatic rings. The first-order valence-electron chi connectivity index (χ1n) is 8.28. The van der Waals surface area contributed by atoms with E-state index in [2.05, 4.69) is 19.2 Å². The highest BCUT2D eigenvalue weighted by Gasteiger charge is 2.34. The zero-order chi connectivity index (χ0) is 15.4. The average molecular weight is 296 g/mol. The third-order valence-corrected chi connectivity index (χ3v) is 5.03. The summed E-state index contributed by atoms with van der Waals surface area (Å²) >= 11 is 0. The predicted octanol–water partition coefficient (Wildman–Crippen LogP) is 2.85. The number of carboxylic acid groups (broad SMARTS) is 1. The molecule has 0 radical (unpaired) electrons. The Kier molecular flexibility index (Phi) is 5.48. The summed E-state index contributed by atoms with van der Waals surface area (Å²) in [5.74, 6) is 0.296. The second-order valence-electron chi connectivity index (χ2n) is 6.84. The van der Waals surface area contributed by atoms with Crippen LogP contribution in [0.2, 0.25) is 0 Å². The van der Waals surface area contributed by atoms with Gasteiger partial charge in [0.2, 0.25) is 0 Å². The molecule has 5 heteroatoms. The lowest BCUT2D eigenvalue weighted by Crippen LogP contribution is -2.51. The summed E-state index contributed by atoms with van der Waals surface area (Å²) < 4.78 is 0. The van der Waals surface area contributed by atoms with Gasteiger partial charge in [-0.15, -0.1) is 0 Å². The second-order valence-corrected chi connectivity index (χ2v) is 6.84. The van der Waals surface area contributed by atoms with E-state index < -0.39 is 5.97 Å². The number of carboxylic acids is 1. The van der Waals surface area contributed by atoms with E-state index in [0.29, 0.717) is 18.4 Å². The van der Waals surface area contributed by atoms with Crippen LogP contribution in [0.15, 0.2) is 0 Å². The molecule has 120 valence electrons. The zero-order valence-electron chi connectivity index (χ0n) is 13.2. The molecule has 1 aliphatic carbocycles. The normalized spacial score (nSPS) is 29.7. The highest BCUT2D eigenvalue weighted by molar-refractivity contribution is 5.76. The molecule has 3 unspecified atom stereocenters. The summed E-state index contributed by atoms with van der Waals surface area (Å²) in [6.45, 7) is 5.12. The fourth-order valence-corrected chi connectivity index (χ4v) is 3.90. The van der Waals surface area contributed by atoms with E-state index in [1.54, 1.807) is 4.90 Å². The molecule has 0 bridgehead atoms. The molecule has 2 N–H and O–H groups in total. The highest BCUT2D eigenvalue weighted by atomic mass is 16.4. The molecule has 5 nitrogen and oxygen atoms in total. The van der Waals surface area contributed by atoms with Crippen LogP contribution in [0.5, 0.6) is 0 Å². The molecule has 2 fully saturated rings. The quantitative estimate of drug-likeness (QED) is 0.838. The van der Waals surface area contributed by atoms with Gasteiger partial charge in [-0.05, 0) is 37.5 Å². The largest absolute Gasteiger partial charge is 0.481 e. The SMILES string of the molecule is CC(C)C1CCCCC1NC(=O)N1CCCC1CC(=O)O. The number of hydrogen-bond donors (Lipinski definition) is 2. The van der Waals surface area contributed by atoms with E-state index in [0.717, 1.165) is 19.3 Å². The van der Waals surface area contributed by atoms with Crippen LogP contribution < -0.4 is 5.32 Å². The van der Waals surface area contributed by atoms with Crippen molar-refractivity contribution in [2.75, 3.05) is 6.54 Å². The molecule has 0 aromatic heterocycles. The Balaban J connectivity index is 1.94. The first-order valence-corrected chi connectivity index (χ1v) is 8.28. The monoisotopic (exact) mass is 296 g/mol. The molecule has 2 rings (SSSR count). The van der Waals surface area contributed by atoms with Crippen molar-refractivity contribution in [3.8, 4) is 0 Å². The standard InChI is InChI=1S/C16H28N2O3/c1-11(2)13-7-3-4-8-14(13)17-16(21)18-9-5-6-12(18)10-15(19)20/h11-14H,3-10H2,1-2H3,(H,17,21)(H,19,20). The Morgan fingerprint density at radius 1 is 1.19 bits per heavy atom. The van der Waals surface area contributed by atoms with Crippen LogP contribution in [0.1, 0.15) is 58.8 Å². The van der Waals surface area contributed by atoms with E-state index in [1.807, 2.05) is 0 Å². The Bertz CT molecular complexity index is 384. The number of nitrogens with zero attached hydrogens (tertiary/aromatic N) is 1. The first-order chi connectivity index (χ1) is 9.99. The smallest absolute Gasteiger partial charge is 0.317 e. The molecule has 0 spiro atoms. The van der Waals surface area contributed by atoms with Crippen LogP contribution in [0, 0.1) is 11.8 Å². The minimum Gasteiger partial charge on any atom is -0.481 e. The van der Waals surface area contributed by atoms with Gasteiger partial charge in [-0.3, -0.25) is 4.79 Å². The predicted molar refractivity (Wildman–Crippen MR) is 81.1 cm³/mol. The molecule has 0 aromatic rings. The maximum absolute atomic E-state index is 12.5. The maximum atomic E-state index is 12.5. The van der Waals surface area contributed by atoms with Crippen molar-refractivity contribution < 1.29 is 14.7 Å². The van der Waals surface area contributed by atoms with E-state index in [4.69, 9.17) is 5.11 Å². The fourth-order valence-electron chi connectivity index (χ4n) is 3.90. The lowest BCUT2D eigenvalue weighted by atomic mass is 9.78. The lowest BCUT2D eigenvalue weighted by molar-refractivity contribution is -0.137. The van der Waals surface area contributed by atoms with Gasteiger partial charge in [0.15, 0.2) is 0 Å². The number of aliphatic carboxylic acids is 1. The molecule has 1 aliphatic heterocycles. The molecular weight excluding hydrogens is 268 g/mol. The topological polar surface area (TPSA) is 69.6 Å². The maximum Gasteiger partial charge on any atom is 0.317 e. The number of hydrogen-bond acceptors (Lipinski definition) is 2. The highest BCUT2D eigenvalue weighted by Crippen LogP contribution is 2.30. The van der Waals surface area contributed by atoms with Crippen molar-refractivity contribution in [1.29, 1.82) is 0 Å². The summed E-state index contributed by atoms with van der Waals surface area (Å²) in [7, 11) is 0. The Morgan fingerprint density at radius 2 is 1.90 bits per heavy atom. The van der Waals surface area contributed by atoms with Gasteiger partial charge in [0, 0.05) is 18.6 Å². The first kappa shape index (κ1) is 16.1. The number of carbonyl (C=O) groups excluding carboxylic acids is 1. The van der Waals surface area contributed by atoms with Crippen molar-refractivity contribution in [1.82, 2.24) is 10.2 Å². The number of carbonyl (C=O) groups is 2. The van der Waals surface area contributed by atoms with Gasteiger partial charge in [0.05, 0.1) is 6.42 Å². The Morgan fingerprint density at radius 3 is 2.57 bits per heavy atom. The van der Waals surface area contributed by atoms with E-state index in [1.165, 1.54) is 19.3 Å². The van der Waals surface area contributed by atoms with Crippen molar-refractivity contribution in [3.05, 3.63) is 0 Å². The van der Waals surface area contributed by atoms with E-state index in [-0.39, 0.29) is 24.5 Å². The van der Waals surface area contributed by atoms with Crippen LogP contribution >= 0.6 is 0 Å². The molecule has 3 atom stereocenters.